The summed E-state index contributed by atoms with van der Waals surface area (Å²) in [6, 6.07) is 1.68. The molecule has 7 N–H and O–H groups in total. The fourth-order valence-electron chi connectivity index (χ4n) is 5.70. The van der Waals surface area contributed by atoms with Crippen LogP contribution in [0.25, 0.3) is 0 Å². The van der Waals surface area contributed by atoms with Gasteiger partial charge in [-0.3, -0.25) is 19.3 Å². The van der Waals surface area contributed by atoms with E-state index in [1.165, 1.54) is 40.1 Å². The number of hydrogen-bond acceptors (Lipinski definition) is 10. The number of aromatic hydroxyl groups is 2. The van der Waals surface area contributed by atoms with Crippen LogP contribution in [0, 0.1) is 0 Å². The molecule has 2 atom stereocenters. The largest absolute Gasteiger partial charge is 0.504 e. The van der Waals surface area contributed by atoms with E-state index in [4.69, 9.17) is 17.3 Å². The molecule has 0 spiro atoms. The molecule has 16 heteroatoms. The first kappa shape index (κ1) is 29.9. The second-order valence-electron chi connectivity index (χ2n) is 10.5. The third-order valence-corrected chi connectivity index (χ3v) is 10.2. The summed E-state index contributed by atoms with van der Waals surface area (Å²) >= 11 is 8.65. The molecule has 0 bridgehead atoms. The van der Waals surface area contributed by atoms with Gasteiger partial charge in [0, 0.05) is 29.5 Å². The highest BCUT2D eigenvalue weighted by Crippen LogP contribution is 2.41. The van der Waals surface area contributed by atoms with E-state index in [0.29, 0.717) is 39.7 Å². The van der Waals surface area contributed by atoms with Crippen LogP contribution in [0.15, 0.2) is 28.8 Å². The van der Waals surface area contributed by atoms with Crippen molar-refractivity contribution in [1.82, 2.24) is 20.5 Å². The minimum absolute atomic E-state index is 0.0270. The Morgan fingerprint density at radius 2 is 1.95 bits per heavy atom. The zero-order valence-corrected chi connectivity index (χ0v) is 24.7. The quantitative estimate of drug-likeness (QED) is 0.125. The number of carbonyl (C=O) groups excluding carboxylic acids is 3. The third kappa shape index (κ3) is 5.86. The summed E-state index contributed by atoms with van der Waals surface area (Å²) in [6.45, 7) is 2.77. The Balaban J connectivity index is 1.25. The lowest BCUT2D eigenvalue weighted by molar-refractivity contribution is -0.911. The lowest BCUT2D eigenvalue weighted by Gasteiger charge is -2.50. The number of phenolic OH excluding ortho intramolecular Hbond substituents is 2. The van der Waals surface area contributed by atoms with E-state index in [1.807, 2.05) is 0 Å². The highest BCUT2D eigenvalue weighted by molar-refractivity contribution is 8.00. The summed E-state index contributed by atoms with van der Waals surface area (Å²) < 4.78 is 0.547. The molecule has 3 amide bonds. The minimum Gasteiger partial charge on any atom is -0.504 e. The molecule has 13 nitrogen and oxygen atoms in total. The van der Waals surface area contributed by atoms with E-state index in [0.717, 1.165) is 25.9 Å². The number of aliphatic carboxylic acids is 1. The first-order chi connectivity index (χ1) is 20.0. The first-order valence-electron chi connectivity index (χ1n) is 13.2. The molecule has 3 aliphatic rings. The summed E-state index contributed by atoms with van der Waals surface area (Å²) in [5, 5.41) is 36.3. The normalized spacial score (nSPS) is 21.1. The number of thiazole rings is 1. The van der Waals surface area contributed by atoms with Crippen molar-refractivity contribution in [3.05, 3.63) is 45.1 Å². The fraction of sp³-hybridized carbons (Fsp3) is 0.423. The summed E-state index contributed by atoms with van der Waals surface area (Å²) in [4.78, 5) is 56.1. The van der Waals surface area contributed by atoms with Crippen LogP contribution in [-0.2, 0) is 20.8 Å². The number of rotatable bonds is 10. The van der Waals surface area contributed by atoms with Crippen molar-refractivity contribution in [2.45, 2.75) is 30.7 Å². The van der Waals surface area contributed by atoms with Crippen molar-refractivity contribution in [2.75, 3.05) is 44.2 Å². The molecule has 2 fully saturated rings. The third-order valence-electron chi connectivity index (χ3n) is 7.73. The van der Waals surface area contributed by atoms with Gasteiger partial charge in [0.15, 0.2) is 16.6 Å². The van der Waals surface area contributed by atoms with Gasteiger partial charge in [-0.25, -0.2) is 9.78 Å². The standard InChI is InChI=1S/C26H29ClN6O7S2/c27-18-15(3-4-16(34)21(18)36)22(37)29-5-8-33(6-1-2-7-33)10-13-11-41-24-19(23(38)32(24)20(13)25(39)40)31-17(35)9-14-12-42-26(28)30-14/h3-4,12,19,24H,1-2,5-11H2,(H6-,28,29,30,31,34,35,36,37,39,40)/p+1/t19-,24-/m1/s1. The van der Waals surface area contributed by atoms with Crippen LogP contribution in [0.5, 0.6) is 11.5 Å². The summed E-state index contributed by atoms with van der Waals surface area (Å²) in [5.41, 5.74) is 6.74. The Kier molecular flexibility index (Phi) is 8.55. The van der Waals surface area contributed by atoms with Gasteiger partial charge in [0.1, 0.15) is 23.7 Å². The molecule has 5 rings (SSSR count). The number of benzene rings is 1. The maximum atomic E-state index is 13.1. The average Bonchev–Trinajstić information content (AvgIpc) is 3.58. The molecule has 224 valence electrons. The van der Waals surface area contributed by atoms with E-state index in [2.05, 4.69) is 15.6 Å². The SMILES string of the molecule is Nc1nc(CC(=O)N[C@@H]2C(=O)N3C(C(=O)O)=C(C[N+]4(CCNC(=O)c5ccc(O)c(O)c5Cl)CCCC4)CS[C@H]23)cs1. The molecule has 2 saturated heterocycles. The number of aromatic nitrogens is 1. The zero-order valence-electron chi connectivity index (χ0n) is 22.3. The van der Waals surface area contributed by atoms with Crippen LogP contribution in [0.1, 0.15) is 28.9 Å². The van der Waals surface area contributed by atoms with Crippen LogP contribution in [-0.4, -0.2) is 103 Å². The van der Waals surface area contributed by atoms with Gasteiger partial charge in [-0.15, -0.1) is 23.1 Å². The van der Waals surface area contributed by atoms with Gasteiger partial charge >= 0.3 is 5.97 Å². The molecule has 0 saturated carbocycles. The number of amides is 3. The molecular weight excluding hydrogens is 608 g/mol. The van der Waals surface area contributed by atoms with Crippen molar-refractivity contribution < 1.29 is 39.0 Å². The highest BCUT2D eigenvalue weighted by atomic mass is 35.5. The molecule has 0 radical (unpaired) electrons. The summed E-state index contributed by atoms with van der Waals surface area (Å²) in [5.74, 6) is -3.17. The number of nitrogen functional groups attached to an aromatic ring is 1. The number of carbonyl (C=O) groups is 4. The van der Waals surface area contributed by atoms with Gasteiger partial charge in [0.2, 0.25) is 5.91 Å². The molecule has 1 aromatic heterocycles. The second-order valence-corrected chi connectivity index (χ2v) is 12.9. The molecule has 1 aromatic carbocycles. The van der Waals surface area contributed by atoms with Gasteiger partial charge in [-0.1, -0.05) is 11.6 Å². The van der Waals surface area contributed by atoms with E-state index < -0.39 is 46.6 Å². The Labute approximate surface area is 253 Å². The Bertz CT molecular complexity index is 1470. The molecule has 0 unspecified atom stereocenters. The monoisotopic (exact) mass is 637 g/mol. The van der Waals surface area contributed by atoms with E-state index >= 15 is 0 Å². The predicted octanol–water partition coefficient (Wildman–Crippen LogP) is 1.11. The van der Waals surface area contributed by atoms with Crippen molar-refractivity contribution in [3.63, 3.8) is 0 Å². The number of thioether (sulfide) groups is 1. The minimum atomic E-state index is -1.20. The number of hydrogen-bond donors (Lipinski definition) is 6. The van der Waals surface area contributed by atoms with Crippen LogP contribution >= 0.6 is 34.7 Å². The van der Waals surface area contributed by atoms with Crippen molar-refractivity contribution >= 4 is 63.5 Å². The van der Waals surface area contributed by atoms with Crippen molar-refractivity contribution in [3.8, 4) is 11.5 Å². The summed E-state index contributed by atoms with van der Waals surface area (Å²) in [6.07, 6.45) is 1.86. The van der Waals surface area contributed by atoms with Gasteiger partial charge in [0.25, 0.3) is 11.8 Å². The number of nitrogens with one attached hydrogen (secondary N) is 2. The maximum absolute atomic E-state index is 13.1. The highest BCUT2D eigenvalue weighted by Gasteiger charge is 2.55. The topological polar surface area (TPSA) is 195 Å². The van der Waals surface area contributed by atoms with Crippen LogP contribution < -0.4 is 16.4 Å². The molecule has 2 aromatic rings. The van der Waals surface area contributed by atoms with E-state index in [1.54, 1.807) is 5.38 Å². The number of nitrogens with two attached hydrogens (primary N) is 1. The number of β-lactam (4-membered cyclic amide) rings is 1. The molecular formula is C26H30ClN6O7S2+. The zero-order chi connectivity index (χ0) is 30.2. The van der Waals surface area contributed by atoms with Crippen LogP contribution in [0.2, 0.25) is 5.02 Å². The van der Waals surface area contributed by atoms with E-state index in [9.17, 15) is 34.5 Å². The second kappa shape index (κ2) is 12.0. The van der Waals surface area contributed by atoms with Gasteiger partial charge in [-0.05, 0) is 12.1 Å². The Morgan fingerprint density at radius 3 is 2.62 bits per heavy atom. The molecule has 3 aliphatic heterocycles. The number of halogens is 1. The summed E-state index contributed by atoms with van der Waals surface area (Å²) in [7, 11) is 0. The van der Waals surface area contributed by atoms with Gasteiger partial charge in [0.05, 0.1) is 48.9 Å². The number of carboxylic acids is 1. The number of likely N-dealkylation sites (tertiary alicyclic amines) is 1. The van der Waals surface area contributed by atoms with E-state index in [-0.39, 0.29) is 29.2 Å². The van der Waals surface area contributed by atoms with Crippen LogP contribution in [0.4, 0.5) is 5.13 Å². The number of phenols is 2. The lowest BCUT2D eigenvalue weighted by atomic mass is 10.0. The number of anilines is 1. The maximum Gasteiger partial charge on any atom is 0.352 e. The number of nitrogens with zero attached hydrogens (tertiary/aromatic N) is 3. The smallest absolute Gasteiger partial charge is 0.352 e. The Morgan fingerprint density at radius 1 is 1.21 bits per heavy atom. The lowest BCUT2D eigenvalue weighted by Crippen LogP contribution is -2.71. The number of quaternary nitrogens is 1. The van der Waals surface area contributed by atoms with Gasteiger partial charge < -0.3 is 36.2 Å². The molecule has 42 heavy (non-hydrogen) atoms. The van der Waals surface area contributed by atoms with Crippen molar-refractivity contribution in [2.24, 2.45) is 0 Å². The fourth-order valence-corrected chi connectivity index (χ4v) is 7.84. The number of fused-ring (bicyclic) bond motifs is 1. The predicted molar refractivity (Wildman–Crippen MR) is 156 cm³/mol. The molecule has 0 aliphatic carbocycles. The van der Waals surface area contributed by atoms with Gasteiger partial charge in [-0.2, -0.15) is 0 Å². The number of carboxylic acid groups (broad SMARTS) is 1. The Hall–Kier alpha value is -3.53. The average molecular weight is 638 g/mol. The van der Waals surface area contributed by atoms with Crippen LogP contribution in [0.3, 0.4) is 0 Å². The first-order valence-corrected chi connectivity index (χ1v) is 15.5. The van der Waals surface area contributed by atoms with Crippen molar-refractivity contribution in [1.29, 1.82) is 0 Å². The molecule has 4 heterocycles.